The van der Waals surface area contributed by atoms with Crippen LogP contribution < -0.4 is 5.32 Å². The van der Waals surface area contributed by atoms with Crippen molar-refractivity contribution in [1.29, 1.82) is 0 Å². The minimum atomic E-state index is -1.74. The van der Waals surface area contributed by atoms with Gasteiger partial charge in [0.15, 0.2) is 23.3 Å². The highest BCUT2D eigenvalue weighted by Crippen LogP contribution is 2.27. The molecular weight excluding hydrogens is 358 g/mol. The van der Waals surface area contributed by atoms with Crippen molar-refractivity contribution in [3.05, 3.63) is 57.6 Å². The summed E-state index contributed by atoms with van der Waals surface area (Å²) >= 11 is 3.04. The third-order valence-corrected chi connectivity index (χ3v) is 3.05. The van der Waals surface area contributed by atoms with Gasteiger partial charge in [-0.3, -0.25) is 4.79 Å². The maximum atomic E-state index is 13.4. The van der Waals surface area contributed by atoms with Crippen molar-refractivity contribution in [2.75, 3.05) is 5.32 Å². The minimum absolute atomic E-state index is 0.0252. The van der Waals surface area contributed by atoms with Crippen molar-refractivity contribution >= 4 is 27.5 Å². The standard InChI is InChI=1S/C13H6BrF4NO2/c14-5-1-2-6(9(20)3-5)13(21)19-12-10(17)7(15)4-8(16)11(12)18/h1-4,20H,(H,19,21). The summed E-state index contributed by atoms with van der Waals surface area (Å²) < 4.78 is 53.3. The van der Waals surface area contributed by atoms with Gasteiger partial charge in [-0.2, -0.15) is 0 Å². The average molecular weight is 364 g/mol. The van der Waals surface area contributed by atoms with E-state index in [-0.39, 0.29) is 11.6 Å². The molecule has 1 amide bonds. The maximum Gasteiger partial charge on any atom is 0.259 e. The number of carbonyl (C=O) groups excluding carboxylic acids is 1. The zero-order chi connectivity index (χ0) is 15.7. The Labute approximate surface area is 124 Å². The summed E-state index contributed by atoms with van der Waals surface area (Å²) in [6.45, 7) is 0. The molecule has 3 nitrogen and oxygen atoms in total. The first-order chi connectivity index (χ1) is 9.81. The molecule has 0 atom stereocenters. The first-order valence-electron chi connectivity index (χ1n) is 5.44. The van der Waals surface area contributed by atoms with Crippen molar-refractivity contribution < 1.29 is 27.5 Å². The normalized spacial score (nSPS) is 10.5. The fourth-order valence-corrected chi connectivity index (χ4v) is 1.91. The summed E-state index contributed by atoms with van der Waals surface area (Å²) in [5.41, 5.74) is -1.58. The second-order valence-electron chi connectivity index (χ2n) is 3.96. The fraction of sp³-hybridized carbons (Fsp3) is 0. The van der Waals surface area contributed by atoms with Crippen LogP contribution in [0, 0.1) is 23.3 Å². The van der Waals surface area contributed by atoms with Crippen LogP contribution in [0.15, 0.2) is 28.7 Å². The van der Waals surface area contributed by atoms with E-state index in [0.717, 1.165) is 0 Å². The number of halogens is 5. The van der Waals surface area contributed by atoms with Crippen LogP contribution in [0.3, 0.4) is 0 Å². The van der Waals surface area contributed by atoms with Crippen molar-refractivity contribution in [2.24, 2.45) is 0 Å². The van der Waals surface area contributed by atoms with E-state index in [4.69, 9.17) is 0 Å². The topological polar surface area (TPSA) is 49.3 Å². The summed E-state index contributed by atoms with van der Waals surface area (Å²) in [5, 5.41) is 11.3. The lowest BCUT2D eigenvalue weighted by Gasteiger charge is -2.10. The van der Waals surface area contributed by atoms with Gasteiger partial charge >= 0.3 is 0 Å². The second-order valence-corrected chi connectivity index (χ2v) is 4.87. The van der Waals surface area contributed by atoms with E-state index in [9.17, 15) is 27.5 Å². The monoisotopic (exact) mass is 363 g/mol. The molecule has 0 radical (unpaired) electrons. The summed E-state index contributed by atoms with van der Waals surface area (Å²) in [6.07, 6.45) is 0. The van der Waals surface area contributed by atoms with Gasteiger partial charge in [-0.1, -0.05) is 15.9 Å². The number of aromatic hydroxyl groups is 1. The molecule has 0 heterocycles. The molecule has 0 aliphatic heterocycles. The number of amides is 1. The highest BCUT2D eigenvalue weighted by molar-refractivity contribution is 9.10. The number of benzene rings is 2. The molecule has 0 fully saturated rings. The van der Waals surface area contributed by atoms with Gasteiger partial charge in [-0.25, -0.2) is 17.6 Å². The number of phenols is 1. The van der Waals surface area contributed by atoms with E-state index in [1.807, 2.05) is 0 Å². The highest BCUT2D eigenvalue weighted by Gasteiger charge is 2.22. The lowest BCUT2D eigenvalue weighted by atomic mass is 10.1. The smallest absolute Gasteiger partial charge is 0.259 e. The molecule has 0 saturated heterocycles. The number of phenolic OH excluding ortho intramolecular Hbond substituents is 1. The van der Waals surface area contributed by atoms with Crippen LogP contribution in [0.1, 0.15) is 10.4 Å². The Kier molecular flexibility index (Phi) is 4.17. The van der Waals surface area contributed by atoms with E-state index in [0.29, 0.717) is 4.47 Å². The Morgan fingerprint density at radius 2 is 1.62 bits per heavy atom. The molecule has 0 saturated carbocycles. The van der Waals surface area contributed by atoms with E-state index in [2.05, 4.69) is 15.9 Å². The lowest BCUT2D eigenvalue weighted by molar-refractivity contribution is 0.102. The number of anilines is 1. The van der Waals surface area contributed by atoms with E-state index in [1.165, 1.54) is 18.2 Å². The van der Waals surface area contributed by atoms with Crippen molar-refractivity contribution in [1.82, 2.24) is 0 Å². The molecule has 0 bridgehead atoms. The Morgan fingerprint density at radius 1 is 1.05 bits per heavy atom. The third kappa shape index (κ3) is 2.99. The van der Waals surface area contributed by atoms with Gasteiger partial charge in [0.05, 0.1) is 5.56 Å². The fourth-order valence-electron chi connectivity index (χ4n) is 1.56. The van der Waals surface area contributed by atoms with Crippen LogP contribution >= 0.6 is 15.9 Å². The van der Waals surface area contributed by atoms with Crippen LogP contribution in [0.25, 0.3) is 0 Å². The first kappa shape index (κ1) is 15.3. The molecule has 2 N–H and O–H groups in total. The summed E-state index contributed by atoms with van der Waals surface area (Å²) in [6, 6.07) is 3.76. The second kappa shape index (κ2) is 5.72. The Hall–Kier alpha value is -2.09. The van der Waals surface area contributed by atoms with Crippen LogP contribution in [0.5, 0.6) is 5.75 Å². The van der Waals surface area contributed by atoms with Crippen molar-refractivity contribution in [3.8, 4) is 5.75 Å². The zero-order valence-corrected chi connectivity index (χ0v) is 11.6. The Morgan fingerprint density at radius 3 is 2.14 bits per heavy atom. The zero-order valence-electron chi connectivity index (χ0n) is 10.1. The number of rotatable bonds is 2. The quantitative estimate of drug-likeness (QED) is 0.626. The first-order valence-corrected chi connectivity index (χ1v) is 6.23. The Balaban J connectivity index is 2.41. The molecule has 21 heavy (non-hydrogen) atoms. The third-order valence-electron chi connectivity index (χ3n) is 2.55. The summed E-state index contributed by atoms with van der Waals surface area (Å²) in [7, 11) is 0. The van der Waals surface area contributed by atoms with E-state index >= 15 is 0 Å². The van der Waals surface area contributed by atoms with E-state index in [1.54, 1.807) is 5.32 Å². The number of carbonyl (C=O) groups is 1. The van der Waals surface area contributed by atoms with Gasteiger partial charge in [0.25, 0.3) is 5.91 Å². The molecule has 0 unspecified atom stereocenters. The van der Waals surface area contributed by atoms with Gasteiger partial charge in [0.2, 0.25) is 0 Å². The van der Waals surface area contributed by atoms with Crippen LogP contribution in [-0.2, 0) is 0 Å². The molecule has 0 aliphatic carbocycles. The van der Waals surface area contributed by atoms with E-state index < -0.39 is 40.6 Å². The van der Waals surface area contributed by atoms with Crippen molar-refractivity contribution in [2.45, 2.75) is 0 Å². The summed E-state index contributed by atoms with van der Waals surface area (Å²) in [5.74, 6) is -8.37. The van der Waals surface area contributed by atoms with Crippen LogP contribution in [-0.4, -0.2) is 11.0 Å². The predicted molar refractivity (Wildman–Crippen MR) is 70.0 cm³/mol. The molecule has 8 heteroatoms. The summed E-state index contributed by atoms with van der Waals surface area (Å²) in [4.78, 5) is 11.8. The van der Waals surface area contributed by atoms with Crippen molar-refractivity contribution in [3.63, 3.8) is 0 Å². The number of hydrogen-bond donors (Lipinski definition) is 2. The molecule has 110 valence electrons. The molecule has 0 spiro atoms. The van der Waals surface area contributed by atoms with Gasteiger partial charge in [0.1, 0.15) is 11.4 Å². The number of nitrogens with one attached hydrogen (secondary N) is 1. The highest BCUT2D eigenvalue weighted by atomic mass is 79.9. The molecule has 2 aromatic rings. The SMILES string of the molecule is O=C(Nc1c(F)c(F)cc(F)c1F)c1ccc(Br)cc1O. The number of hydrogen-bond acceptors (Lipinski definition) is 2. The van der Waals surface area contributed by atoms with Gasteiger partial charge in [-0.15, -0.1) is 0 Å². The molecule has 2 rings (SSSR count). The lowest BCUT2D eigenvalue weighted by Crippen LogP contribution is -2.16. The van der Waals surface area contributed by atoms with Crippen LogP contribution in [0.4, 0.5) is 23.2 Å². The Bertz CT molecular complexity index is 710. The molecule has 2 aromatic carbocycles. The van der Waals surface area contributed by atoms with Crippen LogP contribution in [0.2, 0.25) is 0 Å². The largest absolute Gasteiger partial charge is 0.507 e. The molecule has 0 aliphatic rings. The molecular formula is C13H6BrF4NO2. The minimum Gasteiger partial charge on any atom is -0.507 e. The van der Waals surface area contributed by atoms with Gasteiger partial charge in [0, 0.05) is 10.5 Å². The maximum absolute atomic E-state index is 13.4. The molecule has 0 aromatic heterocycles. The van der Waals surface area contributed by atoms with Gasteiger partial charge < -0.3 is 10.4 Å². The van der Waals surface area contributed by atoms with Gasteiger partial charge in [-0.05, 0) is 18.2 Å². The predicted octanol–water partition coefficient (Wildman–Crippen LogP) is 3.96. The average Bonchev–Trinajstić information content (AvgIpc) is 2.41.